The summed E-state index contributed by atoms with van der Waals surface area (Å²) in [6.45, 7) is 11.4. The SMILES string of the molecule is CC(CNC(=O)CC(N)C(C)(C)C)N1CCCC1. The van der Waals surface area contributed by atoms with Crippen LogP contribution in [-0.2, 0) is 4.79 Å². The van der Waals surface area contributed by atoms with E-state index in [9.17, 15) is 4.79 Å². The third-order valence-electron chi connectivity index (χ3n) is 3.88. The molecule has 0 saturated carbocycles. The molecule has 1 saturated heterocycles. The van der Waals surface area contributed by atoms with Crippen molar-refractivity contribution in [1.82, 2.24) is 10.2 Å². The number of amides is 1. The summed E-state index contributed by atoms with van der Waals surface area (Å²) in [7, 11) is 0. The molecule has 4 heteroatoms. The molecule has 0 spiro atoms. The fourth-order valence-electron chi connectivity index (χ4n) is 2.15. The number of hydrogen-bond donors (Lipinski definition) is 2. The van der Waals surface area contributed by atoms with Gasteiger partial charge < -0.3 is 11.1 Å². The maximum Gasteiger partial charge on any atom is 0.221 e. The standard InChI is InChI=1S/C14H29N3O/c1-11(17-7-5-6-8-17)10-16-13(18)9-12(15)14(2,3)4/h11-12H,5-10,15H2,1-4H3,(H,16,18). The van der Waals surface area contributed by atoms with Crippen LogP contribution < -0.4 is 11.1 Å². The molecule has 1 rings (SSSR count). The Morgan fingerprint density at radius 3 is 2.39 bits per heavy atom. The van der Waals surface area contributed by atoms with Crippen molar-refractivity contribution in [1.29, 1.82) is 0 Å². The van der Waals surface area contributed by atoms with Crippen molar-refractivity contribution in [2.45, 2.75) is 59.0 Å². The third-order valence-corrected chi connectivity index (χ3v) is 3.88. The van der Waals surface area contributed by atoms with Gasteiger partial charge in [-0.1, -0.05) is 20.8 Å². The highest BCUT2D eigenvalue weighted by molar-refractivity contribution is 5.76. The first-order valence-corrected chi connectivity index (χ1v) is 7.07. The first kappa shape index (κ1) is 15.4. The molecule has 0 aromatic heterocycles. The molecule has 2 unspecified atom stereocenters. The third kappa shape index (κ3) is 4.94. The molecule has 0 aliphatic carbocycles. The van der Waals surface area contributed by atoms with Crippen molar-refractivity contribution in [3.05, 3.63) is 0 Å². The van der Waals surface area contributed by atoms with Gasteiger partial charge in [0.05, 0.1) is 0 Å². The zero-order valence-electron chi connectivity index (χ0n) is 12.3. The molecule has 1 heterocycles. The highest BCUT2D eigenvalue weighted by Crippen LogP contribution is 2.19. The molecule has 106 valence electrons. The van der Waals surface area contributed by atoms with E-state index in [0.29, 0.717) is 12.5 Å². The van der Waals surface area contributed by atoms with Gasteiger partial charge in [-0.3, -0.25) is 9.69 Å². The summed E-state index contributed by atoms with van der Waals surface area (Å²) < 4.78 is 0. The second-order valence-electron chi connectivity index (χ2n) is 6.57. The summed E-state index contributed by atoms with van der Waals surface area (Å²) in [6, 6.07) is 0.349. The van der Waals surface area contributed by atoms with Crippen LogP contribution in [0, 0.1) is 5.41 Å². The van der Waals surface area contributed by atoms with Crippen LogP contribution in [0.4, 0.5) is 0 Å². The van der Waals surface area contributed by atoms with Gasteiger partial charge in [0.25, 0.3) is 0 Å². The van der Waals surface area contributed by atoms with Gasteiger partial charge in [-0.05, 0) is 38.3 Å². The lowest BCUT2D eigenvalue weighted by atomic mass is 9.85. The van der Waals surface area contributed by atoms with Crippen molar-refractivity contribution in [3.63, 3.8) is 0 Å². The summed E-state index contributed by atoms with van der Waals surface area (Å²) in [4.78, 5) is 14.2. The van der Waals surface area contributed by atoms with E-state index >= 15 is 0 Å². The van der Waals surface area contributed by atoms with Crippen LogP contribution in [0.15, 0.2) is 0 Å². The molecule has 1 amide bonds. The second kappa shape index (κ2) is 6.53. The van der Waals surface area contributed by atoms with Crippen LogP contribution in [0.25, 0.3) is 0 Å². The number of nitrogens with two attached hydrogens (primary N) is 1. The molecular formula is C14H29N3O. The fourth-order valence-corrected chi connectivity index (χ4v) is 2.15. The Bertz CT molecular complexity index is 267. The van der Waals surface area contributed by atoms with Crippen molar-refractivity contribution in [3.8, 4) is 0 Å². The first-order valence-electron chi connectivity index (χ1n) is 7.07. The number of likely N-dealkylation sites (tertiary alicyclic amines) is 1. The molecular weight excluding hydrogens is 226 g/mol. The quantitative estimate of drug-likeness (QED) is 0.779. The lowest BCUT2D eigenvalue weighted by Gasteiger charge is -2.27. The average molecular weight is 255 g/mol. The van der Waals surface area contributed by atoms with E-state index in [2.05, 4.69) is 37.9 Å². The minimum Gasteiger partial charge on any atom is -0.354 e. The van der Waals surface area contributed by atoms with E-state index in [-0.39, 0.29) is 17.4 Å². The Balaban J connectivity index is 2.24. The minimum absolute atomic E-state index is 0.0160. The molecule has 0 bridgehead atoms. The van der Waals surface area contributed by atoms with Crippen LogP contribution in [-0.4, -0.2) is 42.5 Å². The van der Waals surface area contributed by atoms with Gasteiger partial charge in [0.15, 0.2) is 0 Å². The lowest BCUT2D eigenvalue weighted by molar-refractivity contribution is -0.122. The van der Waals surface area contributed by atoms with E-state index < -0.39 is 0 Å². The van der Waals surface area contributed by atoms with Crippen molar-refractivity contribution < 1.29 is 4.79 Å². The van der Waals surface area contributed by atoms with E-state index in [4.69, 9.17) is 5.73 Å². The van der Waals surface area contributed by atoms with Crippen LogP contribution in [0.1, 0.15) is 47.0 Å². The van der Waals surface area contributed by atoms with Gasteiger partial charge in [0.1, 0.15) is 0 Å². The summed E-state index contributed by atoms with van der Waals surface area (Å²) in [5.41, 5.74) is 5.99. The van der Waals surface area contributed by atoms with E-state index in [0.717, 1.165) is 6.54 Å². The molecule has 1 aliphatic heterocycles. The Kier molecular flexibility index (Phi) is 5.60. The Hall–Kier alpha value is -0.610. The van der Waals surface area contributed by atoms with Crippen molar-refractivity contribution >= 4 is 5.91 Å². The van der Waals surface area contributed by atoms with Gasteiger partial charge in [-0.15, -0.1) is 0 Å². The molecule has 2 atom stereocenters. The molecule has 0 radical (unpaired) electrons. The van der Waals surface area contributed by atoms with Gasteiger partial charge in [-0.25, -0.2) is 0 Å². The van der Waals surface area contributed by atoms with E-state index in [1.807, 2.05) is 0 Å². The molecule has 1 aliphatic rings. The minimum atomic E-state index is -0.0837. The highest BCUT2D eigenvalue weighted by atomic mass is 16.1. The Morgan fingerprint density at radius 2 is 1.89 bits per heavy atom. The van der Waals surface area contributed by atoms with Crippen molar-refractivity contribution in [2.75, 3.05) is 19.6 Å². The molecule has 0 aromatic carbocycles. The molecule has 4 nitrogen and oxygen atoms in total. The topological polar surface area (TPSA) is 58.4 Å². The number of nitrogens with one attached hydrogen (secondary N) is 1. The zero-order chi connectivity index (χ0) is 13.8. The Labute approximate surface area is 111 Å². The normalized spacial score (nSPS) is 20.7. The molecule has 3 N–H and O–H groups in total. The van der Waals surface area contributed by atoms with E-state index in [1.54, 1.807) is 0 Å². The largest absolute Gasteiger partial charge is 0.354 e. The van der Waals surface area contributed by atoms with Gasteiger partial charge in [0.2, 0.25) is 5.91 Å². The maximum atomic E-state index is 11.8. The second-order valence-corrected chi connectivity index (χ2v) is 6.57. The Morgan fingerprint density at radius 1 is 1.33 bits per heavy atom. The monoisotopic (exact) mass is 255 g/mol. The maximum absolute atomic E-state index is 11.8. The lowest BCUT2D eigenvalue weighted by Crippen LogP contribution is -2.44. The number of nitrogens with zero attached hydrogens (tertiary/aromatic N) is 1. The van der Waals surface area contributed by atoms with Gasteiger partial charge >= 0.3 is 0 Å². The molecule has 0 aromatic rings. The number of carbonyl (C=O) groups excluding carboxylic acids is 1. The summed E-state index contributed by atoms with van der Waals surface area (Å²) in [5.74, 6) is 0.0727. The molecule has 18 heavy (non-hydrogen) atoms. The van der Waals surface area contributed by atoms with Crippen LogP contribution >= 0.6 is 0 Å². The highest BCUT2D eigenvalue weighted by Gasteiger charge is 2.24. The zero-order valence-corrected chi connectivity index (χ0v) is 12.3. The van der Waals surface area contributed by atoms with Gasteiger partial charge in [0, 0.05) is 25.0 Å². The van der Waals surface area contributed by atoms with Crippen LogP contribution in [0.3, 0.4) is 0 Å². The van der Waals surface area contributed by atoms with E-state index in [1.165, 1.54) is 25.9 Å². The first-order chi connectivity index (χ1) is 8.30. The number of carbonyl (C=O) groups is 1. The fraction of sp³-hybridized carbons (Fsp3) is 0.929. The van der Waals surface area contributed by atoms with Crippen LogP contribution in [0.5, 0.6) is 0 Å². The summed E-state index contributed by atoms with van der Waals surface area (Å²) in [5, 5.41) is 3.00. The summed E-state index contributed by atoms with van der Waals surface area (Å²) >= 11 is 0. The number of rotatable bonds is 5. The molecule has 1 fully saturated rings. The summed E-state index contributed by atoms with van der Waals surface area (Å²) in [6.07, 6.45) is 2.98. The number of hydrogen-bond acceptors (Lipinski definition) is 3. The van der Waals surface area contributed by atoms with Crippen LogP contribution in [0.2, 0.25) is 0 Å². The van der Waals surface area contributed by atoms with Crippen molar-refractivity contribution in [2.24, 2.45) is 11.1 Å². The predicted octanol–water partition coefficient (Wildman–Crippen LogP) is 1.35. The predicted molar refractivity (Wildman–Crippen MR) is 75.3 cm³/mol. The average Bonchev–Trinajstić information content (AvgIpc) is 2.77. The van der Waals surface area contributed by atoms with Gasteiger partial charge in [-0.2, -0.15) is 0 Å². The smallest absolute Gasteiger partial charge is 0.221 e.